The molecule has 1 aromatic heterocycles. The number of aromatic nitrogens is 1. The van der Waals surface area contributed by atoms with Gasteiger partial charge in [-0.25, -0.2) is 4.39 Å². The van der Waals surface area contributed by atoms with Crippen LogP contribution in [0.15, 0.2) is 34.9 Å². The maximum atomic E-state index is 12.9. The summed E-state index contributed by atoms with van der Waals surface area (Å²) in [7, 11) is 0. The van der Waals surface area contributed by atoms with Gasteiger partial charge in [-0.2, -0.15) is 11.8 Å². The Hall–Kier alpha value is -1.33. The fraction of sp³-hybridized carbons (Fsp3) is 0.400. The number of nitrogens with one attached hydrogen (secondary N) is 1. The molecule has 1 aromatic carbocycles. The summed E-state index contributed by atoms with van der Waals surface area (Å²) in [5.41, 5.74) is 1.59. The molecule has 1 unspecified atom stereocenters. The maximum absolute atomic E-state index is 12.9. The molecular weight excluding hydrogens is 275 g/mol. The molecule has 2 aromatic rings. The van der Waals surface area contributed by atoms with Gasteiger partial charge in [0.1, 0.15) is 11.5 Å². The van der Waals surface area contributed by atoms with E-state index < -0.39 is 0 Å². The third-order valence-electron chi connectivity index (χ3n) is 2.90. The van der Waals surface area contributed by atoms with Crippen LogP contribution in [-0.2, 0) is 6.54 Å². The van der Waals surface area contributed by atoms with Crippen molar-refractivity contribution in [2.24, 2.45) is 0 Å². The molecule has 0 aliphatic rings. The Balaban J connectivity index is 1.90. The van der Waals surface area contributed by atoms with Gasteiger partial charge in [0.05, 0.1) is 6.54 Å². The summed E-state index contributed by atoms with van der Waals surface area (Å²) in [6.07, 6.45) is 0. The van der Waals surface area contributed by atoms with Gasteiger partial charge >= 0.3 is 0 Å². The van der Waals surface area contributed by atoms with Crippen LogP contribution in [0.3, 0.4) is 0 Å². The molecule has 1 heterocycles. The third-order valence-corrected chi connectivity index (χ3v) is 4.04. The fourth-order valence-corrected chi connectivity index (χ4v) is 2.49. The van der Waals surface area contributed by atoms with Crippen LogP contribution >= 0.6 is 11.8 Å². The number of halogens is 1. The molecule has 1 N–H and O–H groups in total. The van der Waals surface area contributed by atoms with E-state index in [1.807, 2.05) is 17.8 Å². The number of rotatable bonds is 7. The number of thioether (sulfide) groups is 1. The minimum Gasteiger partial charge on any atom is -0.359 e. The average molecular weight is 294 g/mol. The molecule has 0 aliphatic heterocycles. The first-order chi connectivity index (χ1) is 9.69. The van der Waals surface area contributed by atoms with E-state index in [0.717, 1.165) is 28.5 Å². The molecule has 0 saturated carbocycles. The number of hydrogen-bond acceptors (Lipinski definition) is 4. The van der Waals surface area contributed by atoms with Crippen LogP contribution in [0.2, 0.25) is 0 Å². The zero-order chi connectivity index (χ0) is 14.4. The van der Waals surface area contributed by atoms with E-state index in [1.165, 1.54) is 12.1 Å². The highest BCUT2D eigenvalue weighted by Crippen LogP contribution is 2.19. The van der Waals surface area contributed by atoms with E-state index in [9.17, 15) is 4.39 Å². The van der Waals surface area contributed by atoms with Gasteiger partial charge in [-0.3, -0.25) is 0 Å². The summed E-state index contributed by atoms with van der Waals surface area (Å²) < 4.78 is 18.2. The van der Waals surface area contributed by atoms with E-state index in [4.69, 9.17) is 4.52 Å². The predicted octanol–water partition coefficient (Wildman–Crippen LogP) is 3.71. The molecule has 3 nitrogen and oxygen atoms in total. The molecule has 2 rings (SSSR count). The average Bonchev–Trinajstić information content (AvgIpc) is 2.92. The lowest BCUT2D eigenvalue weighted by molar-refractivity contribution is 0.369. The van der Waals surface area contributed by atoms with E-state index >= 15 is 0 Å². The highest BCUT2D eigenvalue weighted by atomic mass is 32.2. The molecule has 0 saturated heterocycles. The van der Waals surface area contributed by atoms with Crippen molar-refractivity contribution >= 4 is 11.8 Å². The molecule has 5 heteroatoms. The number of benzene rings is 1. The zero-order valence-corrected chi connectivity index (χ0v) is 12.5. The Morgan fingerprint density at radius 2 is 2.10 bits per heavy atom. The van der Waals surface area contributed by atoms with Gasteiger partial charge in [-0.1, -0.05) is 12.1 Å². The first kappa shape index (κ1) is 15.1. The second kappa shape index (κ2) is 7.45. The lowest BCUT2D eigenvalue weighted by atomic mass is 10.1. The lowest BCUT2D eigenvalue weighted by Gasteiger charge is -2.10. The number of nitrogens with zero attached hydrogens (tertiary/aromatic N) is 1. The summed E-state index contributed by atoms with van der Waals surface area (Å²) in [5.74, 6) is 2.75. The molecule has 0 aliphatic carbocycles. The van der Waals surface area contributed by atoms with Crippen LogP contribution in [0.25, 0.3) is 11.3 Å². The van der Waals surface area contributed by atoms with Gasteiger partial charge in [-0.15, -0.1) is 0 Å². The van der Waals surface area contributed by atoms with Crippen molar-refractivity contribution in [2.45, 2.75) is 26.4 Å². The second-order valence-corrected chi connectivity index (χ2v) is 5.95. The minimum absolute atomic E-state index is 0.249. The van der Waals surface area contributed by atoms with Gasteiger partial charge in [-0.05, 0) is 36.9 Å². The van der Waals surface area contributed by atoms with Gasteiger partial charge in [0.15, 0.2) is 5.76 Å². The monoisotopic (exact) mass is 294 g/mol. The zero-order valence-electron chi connectivity index (χ0n) is 11.7. The molecular formula is C15H19FN2OS. The highest BCUT2D eigenvalue weighted by molar-refractivity contribution is 7.99. The lowest BCUT2D eigenvalue weighted by Crippen LogP contribution is -2.27. The molecule has 0 radical (unpaired) electrons. The van der Waals surface area contributed by atoms with Crippen molar-refractivity contribution < 1.29 is 8.91 Å². The summed E-state index contributed by atoms with van der Waals surface area (Å²) in [4.78, 5) is 0. The van der Waals surface area contributed by atoms with Crippen molar-refractivity contribution in [1.29, 1.82) is 0 Å². The van der Waals surface area contributed by atoms with Crippen molar-refractivity contribution in [3.63, 3.8) is 0 Å². The normalized spacial score (nSPS) is 12.6. The first-order valence-electron chi connectivity index (χ1n) is 6.71. The Kier molecular flexibility index (Phi) is 5.61. The summed E-state index contributed by atoms with van der Waals surface area (Å²) in [6, 6.07) is 8.56. The van der Waals surface area contributed by atoms with E-state index in [-0.39, 0.29) is 5.82 Å². The van der Waals surface area contributed by atoms with E-state index in [2.05, 4.69) is 24.3 Å². The summed E-state index contributed by atoms with van der Waals surface area (Å²) in [6.45, 7) is 4.96. The topological polar surface area (TPSA) is 38.1 Å². The first-order valence-corrected chi connectivity index (χ1v) is 7.87. The van der Waals surface area contributed by atoms with Gasteiger partial charge in [0, 0.05) is 23.4 Å². The largest absolute Gasteiger partial charge is 0.359 e. The van der Waals surface area contributed by atoms with E-state index in [1.54, 1.807) is 12.1 Å². The van der Waals surface area contributed by atoms with E-state index in [0.29, 0.717) is 12.6 Å². The molecule has 0 bridgehead atoms. The predicted molar refractivity (Wildman–Crippen MR) is 81.2 cm³/mol. The Morgan fingerprint density at radius 1 is 1.35 bits per heavy atom. The molecule has 0 fully saturated rings. The van der Waals surface area contributed by atoms with Crippen molar-refractivity contribution in [1.82, 2.24) is 10.5 Å². The van der Waals surface area contributed by atoms with Gasteiger partial charge < -0.3 is 9.84 Å². The molecule has 20 heavy (non-hydrogen) atoms. The standard InChI is InChI=1S/C15H19FN2OS/c1-3-20-10-11(2)17-9-14-8-15(18-19-14)12-4-6-13(16)7-5-12/h4-8,11,17H,3,9-10H2,1-2H3. The third kappa shape index (κ3) is 4.35. The second-order valence-electron chi connectivity index (χ2n) is 4.63. The smallest absolute Gasteiger partial charge is 0.151 e. The highest BCUT2D eigenvalue weighted by Gasteiger charge is 2.08. The van der Waals surface area contributed by atoms with Crippen LogP contribution < -0.4 is 5.32 Å². The molecule has 1 atom stereocenters. The Bertz CT molecular complexity index is 527. The van der Waals surface area contributed by atoms with Gasteiger partial charge in [0.25, 0.3) is 0 Å². The quantitative estimate of drug-likeness (QED) is 0.845. The Labute approximate surface area is 122 Å². The SMILES string of the molecule is CCSCC(C)NCc1cc(-c2ccc(F)cc2)no1. The molecule has 0 amide bonds. The molecule has 0 spiro atoms. The van der Waals surface area contributed by atoms with Gasteiger partial charge in [0.2, 0.25) is 0 Å². The van der Waals surface area contributed by atoms with Crippen LogP contribution in [0.1, 0.15) is 19.6 Å². The summed E-state index contributed by atoms with van der Waals surface area (Å²) in [5, 5.41) is 7.41. The molecule has 108 valence electrons. The van der Waals surface area contributed by atoms with Crippen molar-refractivity contribution in [2.75, 3.05) is 11.5 Å². The van der Waals surface area contributed by atoms with Crippen molar-refractivity contribution in [3.8, 4) is 11.3 Å². The Morgan fingerprint density at radius 3 is 2.80 bits per heavy atom. The fourth-order valence-electron chi connectivity index (χ4n) is 1.78. The van der Waals surface area contributed by atoms with Crippen LogP contribution in [-0.4, -0.2) is 22.7 Å². The maximum Gasteiger partial charge on any atom is 0.151 e. The van der Waals surface area contributed by atoms with Crippen LogP contribution in [0, 0.1) is 5.82 Å². The van der Waals surface area contributed by atoms with Crippen LogP contribution in [0.4, 0.5) is 4.39 Å². The number of hydrogen-bond donors (Lipinski definition) is 1. The van der Waals surface area contributed by atoms with Crippen LogP contribution in [0.5, 0.6) is 0 Å². The minimum atomic E-state index is -0.249. The van der Waals surface area contributed by atoms with Crippen molar-refractivity contribution in [3.05, 3.63) is 41.9 Å². The summed E-state index contributed by atoms with van der Waals surface area (Å²) >= 11 is 1.91.